The summed E-state index contributed by atoms with van der Waals surface area (Å²) in [4.78, 5) is 11.7. The number of alkyl halides is 2. The fourth-order valence-electron chi connectivity index (χ4n) is 1.69. The molecule has 2 aromatic rings. The number of carbonyl (C=O) groups is 1. The SMILES string of the molecule is O=C(CCc1ccco1)Nc1ccc(OC(F)F)c(Cl)c1. The van der Waals surface area contributed by atoms with Crippen LogP contribution in [0.2, 0.25) is 5.02 Å². The molecule has 0 radical (unpaired) electrons. The second-order valence-electron chi connectivity index (χ2n) is 4.15. The highest BCUT2D eigenvalue weighted by molar-refractivity contribution is 6.32. The van der Waals surface area contributed by atoms with Gasteiger partial charge in [0.1, 0.15) is 11.5 Å². The average molecular weight is 316 g/mol. The van der Waals surface area contributed by atoms with Crippen molar-refractivity contribution in [1.82, 2.24) is 0 Å². The summed E-state index contributed by atoms with van der Waals surface area (Å²) in [5.74, 6) is 0.342. The van der Waals surface area contributed by atoms with E-state index in [1.165, 1.54) is 24.5 Å². The minimum atomic E-state index is -2.95. The van der Waals surface area contributed by atoms with Crippen LogP contribution >= 0.6 is 11.6 Å². The maximum Gasteiger partial charge on any atom is 0.387 e. The molecule has 0 aliphatic heterocycles. The molecule has 4 nitrogen and oxygen atoms in total. The van der Waals surface area contributed by atoms with Crippen LogP contribution in [0, 0.1) is 0 Å². The molecule has 0 fully saturated rings. The lowest BCUT2D eigenvalue weighted by Crippen LogP contribution is -2.12. The van der Waals surface area contributed by atoms with Gasteiger partial charge >= 0.3 is 6.61 Å². The van der Waals surface area contributed by atoms with E-state index in [2.05, 4.69) is 10.1 Å². The third-order valence-corrected chi connectivity index (χ3v) is 2.91. The topological polar surface area (TPSA) is 51.5 Å². The Balaban J connectivity index is 1.90. The maximum absolute atomic E-state index is 12.1. The molecule has 0 saturated carbocycles. The van der Waals surface area contributed by atoms with Gasteiger partial charge in [0, 0.05) is 18.5 Å². The van der Waals surface area contributed by atoms with Crippen molar-refractivity contribution in [1.29, 1.82) is 0 Å². The minimum Gasteiger partial charge on any atom is -0.469 e. The predicted molar refractivity (Wildman–Crippen MR) is 73.7 cm³/mol. The zero-order chi connectivity index (χ0) is 15.2. The quantitative estimate of drug-likeness (QED) is 0.873. The van der Waals surface area contributed by atoms with Gasteiger partial charge in [-0.25, -0.2) is 0 Å². The molecule has 21 heavy (non-hydrogen) atoms. The first kappa shape index (κ1) is 15.3. The third-order valence-electron chi connectivity index (χ3n) is 2.61. The molecular formula is C14H12ClF2NO3. The Hall–Kier alpha value is -2.08. The lowest BCUT2D eigenvalue weighted by Gasteiger charge is -2.09. The van der Waals surface area contributed by atoms with Crippen LogP contribution in [-0.4, -0.2) is 12.5 Å². The summed E-state index contributed by atoms with van der Waals surface area (Å²) in [7, 11) is 0. The summed E-state index contributed by atoms with van der Waals surface area (Å²) in [6, 6.07) is 7.59. The Morgan fingerprint density at radius 2 is 2.19 bits per heavy atom. The molecule has 1 heterocycles. The van der Waals surface area contributed by atoms with Crippen molar-refractivity contribution in [3.8, 4) is 5.75 Å². The van der Waals surface area contributed by atoms with Crippen molar-refractivity contribution in [3.63, 3.8) is 0 Å². The number of amides is 1. The lowest BCUT2D eigenvalue weighted by atomic mass is 10.2. The molecule has 1 N–H and O–H groups in total. The van der Waals surface area contributed by atoms with Crippen LogP contribution in [-0.2, 0) is 11.2 Å². The van der Waals surface area contributed by atoms with Gasteiger partial charge in [0.15, 0.2) is 0 Å². The van der Waals surface area contributed by atoms with Crippen LogP contribution in [0.5, 0.6) is 5.75 Å². The minimum absolute atomic E-state index is 0.000801. The number of rotatable bonds is 6. The number of benzene rings is 1. The molecule has 0 aliphatic carbocycles. The molecular weight excluding hydrogens is 304 g/mol. The fourth-order valence-corrected chi connectivity index (χ4v) is 1.91. The highest BCUT2D eigenvalue weighted by Crippen LogP contribution is 2.29. The van der Waals surface area contributed by atoms with Crippen molar-refractivity contribution in [2.45, 2.75) is 19.5 Å². The normalized spacial score (nSPS) is 10.7. The number of nitrogens with one attached hydrogen (secondary N) is 1. The van der Waals surface area contributed by atoms with E-state index in [0.29, 0.717) is 17.9 Å². The first-order valence-corrected chi connectivity index (χ1v) is 6.49. The predicted octanol–water partition coefficient (Wildman–Crippen LogP) is 4.11. The molecule has 0 bridgehead atoms. The van der Waals surface area contributed by atoms with Gasteiger partial charge in [0.2, 0.25) is 5.91 Å². The molecule has 1 amide bonds. The molecule has 0 unspecified atom stereocenters. The van der Waals surface area contributed by atoms with E-state index in [9.17, 15) is 13.6 Å². The van der Waals surface area contributed by atoms with Gasteiger partial charge in [-0.3, -0.25) is 4.79 Å². The van der Waals surface area contributed by atoms with Gasteiger partial charge in [-0.1, -0.05) is 11.6 Å². The van der Waals surface area contributed by atoms with Crippen LogP contribution in [0.4, 0.5) is 14.5 Å². The summed E-state index contributed by atoms with van der Waals surface area (Å²) in [5.41, 5.74) is 0.408. The van der Waals surface area contributed by atoms with E-state index in [-0.39, 0.29) is 23.1 Å². The summed E-state index contributed by atoms with van der Waals surface area (Å²) in [6.45, 7) is -2.95. The van der Waals surface area contributed by atoms with E-state index in [0.717, 1.165) is 0 Å². The molecule has 1 aromatic carbocycles. The zero-order valence-corrected chi connectivity index (χ0v) is 11.6. The Morgan fingerprint density at radius 1 is 1.38 bits per heavy atom. The van der Waals surface area contributed by atoms with Gasteiger partial charge < -0.3 is 14.5 Å². The first-order chi connectivity index (χ1) is 10.0. The van der Waals surface area contributed by atoms with Crippen LogP contribution in [0.1, 0.15) is 12.2 Å². The molecule has 0 aliphatic rings. The largest absolute Gasteiger partial charge is 0.469 e. The van der Waals surface area contributed by atoms with Crippen LogP contribution < -0.4 is 10.1 Å². The molecule has 2 rings (SSSR count). The Labute approximate surface area is 124 Å². The zero-order valence-electron chi connectivity index (χ0n) is 10.8. The number of halogens is 3. The van der Waals surface area contributed by atoms with Gasteiger partial charge in [0.25, 0.3) is 0 Å². The van der Waals surface area contributed by atoms with Crippen LogP contribution in [0.3, 0.4) is 0 Å². The summed E-state index contributed by atoms with van der Waals surface area (Å²) in [6.07, 6.45) is 2.24. The Bertz CT molecular complexity index is 602. The van der Waals surface area contributed by atoms with Crippen LogP contribution in [0.15, 0.2) is 41.0 Å². The number of anilines is 1. The summed E-state index contributed by atoms with van der Waals surface area (Å²) >= 11 is 5.79. The number of carbonyl (C=O) groups excluding carboxylic acids is 1. The van der Waals surface area contributed by atoms with Crippen molar-refractivity contribution < 1.29 is 22.7 Å². The lowest BCUT2D eigenvalue weighted by molar-refractivity contribution is -0.116. The highest BCUT2D eigenvalue weighted by Gasteiger charge is 2.10. The number of aryl methyl sites for hydroxylation is 1. The van der Waals surface area contributed by atoms with Gasteiger partial charge in [0.05, 0.1) is 11.3 Å². The number of hydrogen-bond acceptors (Lipinski definition) is 3. The van der Waals surface area contributed by atoms with Crippen LogP contribution in [0.25, 0.3) is 0 Å². The van der Waals surface area contributed by atoms with E-state index in [1.807, 2.05) is 0 Å². The second-order valence-corrected chi connectivity index (χ2v) is 4.56. The fraction of sp³-hybridized carbons (Fsp3) is 0.214. The van der Waals surface area contributed by atoms with Crippen molar-refractivity contribution in [2.75, 3.05) is 5.32 Å². The van der Waals surface area contributed by atoms with Gasteiger partial charge in [-0.05, 0) is 30.3 Å². The first-order valence-electron chi connectivity index (χ1n) is 6.11. The Morgan fingerprint density at radius 3 is 2.81 bits per heavy atom. The monoisotopic (exact) mass is 315 g/mol. The highest BCUT2D eigenvalue weighted by atomic mass is 35.5. The smallest absolute Gasteiger partial charge is 0.387 e. The average Bonchev–Trinajstić information content (AvgIpc) is 2.92. The van der Waals surface area contributed by atoms with Crippen molar-refractivity contribution >= 4 is 23.2 Å². The Kier molecular flexibility index (Phi) is 5.16. The van der Waals surface area contributed by atoms with E-state index < -0.39 is 6.61 Å². The second kappa shape index (κ2) is 7.08. The molecule has 0 atom stereocenters. The molecule has 0 spiro atoms. The molecule has 0 saturated heterocycles. The van der Waals surface area contributed by atoms with E-state index >= 15 is 0 Å². The van der Waals surface area contributed by atoms with Crippen molar-refractivity contribution in [3.05, 3.63) is 47.4 Å². The van der Waals surface area contributed by atoms with E-state index in [4.69, 9.17) is 16.0 Å². The standard InChI is InChI=1S/C14H12ClF2NO3/c15-11-8-9(3-5-12(11)21-14(16)17)18-13(19)6-4-10-2-1-7-20-10/h1-3,5,7-8,14H,4,6H2,(H,18,19). The summed E-state index contributed by atoms with van der Waals surface area (Å²) in [5, 5.41) is 2.62. The number of ether oxygens (including phenoxy) is 1. The molecule has 1 aromatic heterocycles. The molecule has 7 heteroatoms. The molecule has 112 valence electrons. The van der Waals surface area contributed by atoms with Gasteiger partial charge in [-0.15, -0.1) is 0 Å². The van der Waals surface area contributed by atoms with Gasteiger partial charge in [-0.2, -0.15) is 8.78 Å². The van der Waals surface area contributed by atoms with E-state index in [1.54, 1.807) is 12.1 Å². The third kappa shape index (κ3) is 4.75. The number of hydrogen-bond donors (Lipinski definition) is 1. The number of furan rings is 1. The van der Waals surface area contributed by atoms with Crippen molar-refractivity contribution in [2.24, 2.45) is 0 Å². The summed E-state index contributed by atoms with van der Waals surface area (Å²) < 4.78 is 33.5. The maximum atomic E-state index is 12.1.